The van der Waals surface area contributed by atoms with Gasteiger partial charge in [-0.3, -0.25) is 28.8 Å². The number of nitrogens with one attached hydrogen (secondary N) is 5. The number of aliphatic hydroxyl groups is 2. The van der Waals surface area contributed by atoms with Crippen molar-refractivity contribution in [1.82, 2.24) is 26.6 Å². The molecule has 1 aromatic rings. The van der Waals surface area contributed by atoms with Gasteiger partial charge in [-0.25, -0.2) is 0 Å². The fourth-order valence-electron chi connectivity index (χ4n) is 5.59. The van der Waals surface area contributed by atoms with E-state index in [1.807, 2.05) is 71.9 Å². The van der Waals surface area contributed by atoms with Crippen LogP contribution in [0.3, 0.4) is 0 Å². The Bertz CT molecular complexity index is 1270. The molecule has 1 aromatic carbocycles. The van der Waals surface area contributed by atoms with Crippen molar-refractivity contribution in [3.8, 4) is 0 Å². The summed E-state index contributed by atoms with van der Waals surface area (Å²) in [5.74, 6) is -2.42. The van der Waals surface area contributed by atoms with E-state index in [1.54, 1.807) is 0 Å². The van der Waals surface area contributed by atoms with Gasteiger partial charge in [-0.1, -0.05) is 71.9 Å². The van der Waals surface area contributed by atoms with Crippen LogP contribution in [-0.4, -0.2) is 95.7 Å². The van der Waals surface area contributed by atoms with E-state index in [9.17, 15) is 39.0 Å². The lowest BCUT2D eigenvalue weighted by atomic mass is 9.96. The highest BCUT2D eigenvalue weighted by Crippen LogP contribution is 2.14. The van der Waals surface area contributed by atoms with E-state index in [-0.39, 0.29) is 61.3 Å². The van der Waals surface area contributed by atoms with E-state index in [2.05, 4.69) is 31.3 Å². The normalized spacial score (nSPS) is 14.8. The van der Waals surface area contributed by atoms with Crippen LogP contribution < -0.4 is 26.6 Å². The molecule has 7 N–H and O–H groups in total. The Labute approximate surface area is 309 Å². The molecular formula is C38H63N5O9. The quantitative estimate of drug-likeness (QED) is 0.0610. The molecule has 0 aromatic heterocycles. The third kappa shape index (κ3) is 19.5. The predicted molar refractivity (Wildman–Crippen MR) is 197 cm³/mol. The molecule has 0 saturated carbocycles. The Balaban J connectivity index is 2.71. The second-order valence-electron chi connectivity index (χ2n) is 14.8. The van der Waals surface area contributed by atoms with E-state index < -0.39 is 54.2 Å². The molecule has 0 saturated heterocycles. The van der Waals surface area contributed by atoms with E-state index in [0.717, 1.165) is 5.56 Å². The van der Waals surface area contributed by atoms with Gasteiger partial charge in [0.1, 0.15) is 12.1 Å². The van der Waals surface area contributed by atoms with Crippen molar-refractivity contribution in [2.75, 3.05) is 13.7 Å². The Morgan fingerprint density at radius 2 is 1.21 bits per heavy atom. The Hall–Kier alpha value is -4.04. The van der Waals surface area contributed by atoms with Crippen LogP contribution in [0.4, 0.5) is 0 Å². The highest BCUT2D eigenvalue weighted by atomic mass is 16.5. The third-order valence-electron chi connectivity index (χ3n) is 8.23. The van der Waals surface area contributed by atoms with Crippen molar-refractivity contribution in [1.29, 1.82) is 0 Å². The maximum absolute atomic E-state index is 13.0. The summed E-state index contributed by atoms with van der Waals surface area (Å²) in [5.41, 5.74) is 0.899. The van der Waals surface area contributed by atoms with Gasteiger partial charge >= 0.3 is 5.97 Å². The van der Waals surface area contributed by atoms with Gasteiger partial charge < -0.3 is 41.5 Å². The first kappa shape index (κ1) is 46.0. The van der Waals surface area contributed by atoms with Gasteiger partial charge in [0.2, 0.25) is 29.5 Å². The SMILES string of the molecule is COC(=O)CC(O)[C@H](CC(C)C)NC(=O)[C@H](C)NC(=O)CC(O)[C@H](CC(C)C)NC(=O)CCCNC(=O)[C@H](Cc1ccccc1)NC(=O)CC(C)C. The number of methoxy groups -OCH3 is 1. The molecule has 1 rings (SSSR count). The molecule has 294 valence electrons. The van der Waals surface area contributed by atoms with Crippen molar-refractivity contribution in [2.45, 2.75) is 136 Å². The molecule has 0 radical (unpaired) electrons. The monoisotopic (exact) mass is 733 g/mol. The van der Waals surface area contributed by atoms with Crippen LogP contribution in [0.15, 0.2) is 30.3 Å². The number of amides is 5. The molecule has 0 aliphatic heterocycles. The Morgan fingerprint density at radius 3 is 1.77 bits per heavy atom. The zero-order chi connectivity index (χ0) is 39.4. The maximum atomic E-state index is 13.0. The summed E-state index contributed by atoms with van der Waals surface area (Å²) in [5, 5.41) is 35.2. The van der Waals surface area contributed by atoms with Crippen LogP contribution in [0, 0.1) is 17.8 Å². The number of hydrogen-bond acceptors (Lipinski definition) is 9. The van der Waals surface area contributed by atoms with Crippen LogP contribution in [0.1, 0.15) is 99.0 Å². The summed E-state index contributed by atoms with van der Waals surface area (Å²) in [6.45, 7) is 13.2. The van der Waals surface area contributed by atoms with Gasteiger partial charge in [-0.05, 0) is 49.5 Å². The Morgan fingerprint density at radius 1 is 0.654 bits per heavy atom. The molecule has 0 fully saturated rings. The van der Waals surface area contributed by atoms with Gasteiger partial charge in [0.15, 0.2) is 0 Å². The minimum atomic E-state index is -1.25. The van der Waals surface area contributed by atoms with Crippen molar-refractivity contribution in [3.05, 3.63) is 35.9 Å². The second kappa shape index (κ2) is 24.2. The largest absolute Gasteiger partial charge is 0.469 e. The number of ether oxygens (including phenoxy) is 1. The number of esters is 1. The van der Waals surface area contributed by atoms with Crippen molar-refractivity contribution >= 4 is 35.5 Å². The van der Waals surface area contributed by atoms with Crippen molar-refractivity contribution in [3.63, 3.8) is 0 Å². The topological polar surface area (TPSA) is 212 Å². The first-order valence-electron chi connectivity index (χ1n) is 18.3. The molecular weight excluding hydrogens is 670 g/mol. The first-order chi connectivity index (χ1) is 24.4. The molecule has 6 atom stereocenters. The Kier molecular flexibility index (Phi) is 21.4. The number of carbonyl (C=O) groups excluding carboxylic acids is 6. The van der Waals surface area contributed by atoms with Crippen LogP contribution in [0.2, 0.25) is 0 Å². The molecule has 14 nitrogen and oxygen atoms in total. The van der Waals surface area contributed by atoms with Gasteiger partial charge in [0.25, 0.3) is 0 Å². The van der Waals surface area contributed by atoms with Gasteiger partial charge in [-0.15, -0.1) is 0 Å². The van der Waals surface area contributed by atoms with Crippen LogP contribution in [0.25, 0.3) is 0 Å². The average molecular weight is 734 g/mol. The summed E-state index contributed by atoms with van der Waals surface area (Å²) in [4.78, 5) is 75.8. The zero-order valence-corrected chi connectivity index (χ0v) is 32.2. The lowest BCUT2D eigenvalue weighted by Crippen LogP contribution is -2.53. The lowest BCUT2D eigenvalue weighted by Gasteiger charge is -2.28. The molecule has 14 heteroatoms. The summed E-state index contributed by atoms with van der Waals surface area (Å²) >= 11 is 0. The van der Waals surface area contributed by atoms with E-state index in [0.29, 0.717) is 32.1 Å². The molecule has 0 aliphatic rings. The standard InChI is InChI=1S/C38H63N5O9/c1-23(2)17-28(31(44)21-35(48)40-26(7)37(50)43-29(18-24(3)4)32(45)22-36(49)52-8)41-33(46)15-12-16-39-38(51)30(42-34(47)19-25(5)6)20-27-13-10-9-11-14-27/h9-11,13-14,23-26,28-32,44-45H,12,15-22H2,1-8H3,(H,39,51)(H,40,48)(H,41,46)(H,42,47)(H,43,50)/t26-,28-,29-,30-,31?,32?/m0/s1. The number of aliphatic hydroxyl groups excluding tert-OH is 2. The first-order valence-corrected chi connectivity index (χ1v) is 18.3. The van der Waals surface area contributed by atoms with Crippen LogP contribution in [-0.2, 0) is 39.9 Å². The molecule has 52 heavy (non-hydrogen) atoms. The van der Waals surface area contributed by atoms with Crippen molar-refractivity contribution < 1.29 is 43.7 Å². The van der Waals surface area contributed by atoms with E-state index in [4.69, 9.17) is 0 Å². The highest BCUT2D eigenvalue weighted by Gasteiger charge is 2.29. The number of carbonyl (C=O) groups is 6. The van der Waals surface area contributed by atoms with Gasteiger partial charge in [0.05, 0.1) is 44.2 Å². The number of benzene rings is 1. The van der Waals surface area contributed by atoms with E-state index in [1.165, 1.54) is 14.0 Å². The number of rotatable bonds is 24. The van der Waals surface area contributed by atoms with Gasteiger partial charge in [-0.2, -0.15) is 0 Å². The maximum Gasteiger partial charge on any atom is 0.308 e. The minimum absolute atomic E-state index is 0.0490. The lowest BCUT2D eigenvalue weighted by molar-refractivity contribution is -0.144. The third-order valence-corrected chi connectivity index (χ3v) is 8.23. The molecule has 0 aliphatic carbocycles. The summed E-state index contributed by atoms with van der Waals surface area (Å²) < 4.78 is 4.62. The highest BCUT2D eigenvalue weighted by molar-refractivity contribution is 5.88. The second-order valence-corrected chi connectivity index (χ2v) is 14.8. The predicted octanol–water partition coefficient (Wildman–Crippen LogP) is 1.90. The summed E-state index contributed by atoms with van der Waals surface area (Å²) in [6.07, 6.45) is -1.36. The zero-order valence-electron chi connectivity index (χ0n) is 32.2. The van der Waals surface area contributed by atoms with Crippen LogP contribution >= 0.6 is 0 Å². The van der Waals surface area contributed by atoms with Gasteiger partial charge in [0, 0.05) is 25.8 Å². The molecule has 2 unspecified atom stereocenters. The fraction of sp³-hybridized carbons (Fsp3) is 0.684. The fourth-order valence-corrected chi connectivity index (χ4v) is 5.59. The summed E-state index contributed by atoms with van der Waals surface area (Å²) in [7, 11) is 1.21. The van der Waals surface area contributed by atoms with Crippen molar-refractivity contribution in [2.24, 2.45) is 17.8 Å². The minimum Gasteiger partial charge on any atom is -0.469 e. The smallest absolute Gasteiger partial charge is 0.308 e. The molecule has 0 heterocycles. The molecule has 0 bridgehead atoms. The molecule has 5 amide bonds. The number of hydrogen-bond donors (Lipinski definition) is 7. The average Bonchev–Trinajstić information content (AvgIpc) is 3.05. The molecule has 0 spiro atoms. The van der Waals surface area contributed by atoms with E-state index >= 15 is 0 Å². The van der Waals surface area contributed by atoms with Crippen LogP contribution in [0.5, 0.6) is 0 Å². The summed E-state index contributed by atoms with van der Waals surface area (Å²) in [6, 6.07) is 6.10.